The van der Waals surface area contributed by atoms with Gasteiger partial charge in [-0.15, -0.1) is 10.2 Å². The van der Waals surface area contributed by atoms with Crippen LogP contribution in [0.15, 0.2) is 132 Å². The number of carbonyl (C=O) groups excluding carboxylic acids is 2. The highest BCUT2D eigenvalue weighted by Gasteiger charge is 2.42. The number of hydrogen-bond acceptors (Lipinski definition) is 7. The molecule has 0 bridgehead atoms. The summed E-state index contributed by atoms with van der Waals surface area (Å²) in [4.78, 5) is 35.4. The molecule has 2 aromatic heterocycles. The van der Waals surface area contributed by atoms with Gasteiger partial charge in [0.25, 0.3) is 5.91 Å². The predicted molar refractivity (Wildman–Crippen MR) is 205 cm³/mol. The Bertz CT molecular complexity index is 2110. The van der Waals surface area contributed by atoms with E-state index in [-0.39, 0.29) is 30.0 Å². The van der Waals surface area contributed by atoms with Gasteiger partial charge in [-0.1, -0.05) is 150 Å². The first-order valence-electron chi connectivity index (χ1n) is 18.4. The Kier molecular flexibility index (Phi) is 10.0. The zero-order chi connectivity index (χ0) is 38.0. The topological polar surface area (TPSA) is 126 Å². The van der Waals surface area contributed by atoms with Crippen molar-refractivity contribution in [2.45, 2.75) is 76.7 Å². The molecule has 10 heteroatoms. The molecule has 54 heavy (non-hydrogen) atoms. The van der Waals surface area contributed by atoms with E-state index in [1.807, 2.05) is 118 Å². The average molecular weight is 723 g/mol. The van der Waals surface area contributed by atoms with E-state index in [2.05, 4.69) is 51.9 Å². The summed E-state index contributed by atoms with van der Waals surface area (Å²) in [5.74, 6) is -0.546. The third kappa shape index (κ3) is 6.85. The fourth-order valence-corrected chi connectivity index (χ4v) is 7.40. The maximum absolute atomic E-state index is 14.7. The number of aliphatic hydroxyl groups excluding tert-OH is 1. The molecule has 3 heterocycles. The number of nitrogens with zero attached hydrogens (tertiary/aromatic N) is 5. The summed E-state index contributed by atoms with van der Waals surface area (Å²) in [6.07, 6.45) is 2.53. The van der Waals surface area contributed by atoms with Crippen LogP contribution in [0.4, 0.5) is 0 Å². The molecule has 0 aliphatic carbocycles. The first-order valence-corrected chi connectivity index (χ1v) is 18.4. The summed E-state index contributed by atoms with van der Waals surface area (Å²) in [5, 5.41) is 22.8. The smallest absolute Gasteiger partial charge is 0.275 e. The van der Waals surface area contributed by atoms with E-state index < -0.39 is 35.0 Å². The van der Waals surface area contributed by atoms with Crippen LogP contribution in [0.25, 0.3) is 0 Å². The van der Waals surface area contributed by atoms with Crippen molar-refractivity contribution in [3.63, 3.8) is 0 Å². The standard InChI is InChI=1S/C44H46N6O4/c1-29(2)37(38(51)40-47-48-42(54-40)43(3,4)5)46-39(52)36-25-30-17-15-16-18-31(30)26-50(36)41(53)35-27-49(28-45-35)44(32-19-9-6-10-20-32,33-21-11-7-12-22-33)34-23-13-8-14-24-34/h6-24,27-29,36-38,51H,25-26H2,1-5H3,(H,46,52)/t36-,37-,38?/m0/s1. The molecular formula is C44H46N6O4. The van der Waals surface area contributed by atoms with Gasteiger partial charge in [0.15, 0.2) is 6.10 Å². The molecule has 3 atom stereocenters. The van der Waals surface area contributed by atoms with E-state index in [1.54, 1.807) is 17.4 Å². The van der Waals surface area contributed by atoms with Crippen LogP contribution in [0.3, 0.4) is 0 Å². The lowest BCUT2D eigenvalue weighted by molar-refractivity contribution is -0.128. The number of rotatable bonds is 10. The summed E-state index contributed by atoms with van der Waals surface area (Å²) in [5.41, 5.74) is 3.88. The summed E-state index contributed by atoms with van der Waals surface area (Å²) in [6.45, 7) is 9.85. The van der Waals surface area contributed by atoms with Crippen LogP contribution in [0.1, 0.15) is 90.8 Å². The Morgan fingerprint density at radius 1 is 0.796 bits per heavy atom. The molecular weight excluding hydrogens is 677 g/mol. The van der Waals surface area contributed by atoms with Crippen molar-refractivity contribution in [3.8, 4) is 0 Å². The molecule has 2 N–H and O–H groups in total. The molecule has 1 aliphatic heterocycles. The second-order valence-electron chi connectivity index (χ2n) is 15.3. The minimum atomic E-state index is -1.25. The lowest BCUT2D eigenvalue weighted by Gasteiger charge is -2.38. The number of fused-ring (bicyclic) bond motifs is 1. The summed E-state index contributed by atoms with van der Waals surface area (Å²) in [6, 6.07) is 36.7. The number of aliphatic hydroxyl groups is 1. The number of nitrogens with one attached hydrogen (secondary N) is 1. The van der Waals surface area contributed by atoms with Crippen LogP contribution in [0.2, 0.25) is 0 Å². The SMILES string of the molecule is CC(C)[C@H](NC(=O)[C@@H]1Cc2ccccc2CN1C(=O)c1cn(C(c2ccccc2)(c2ccccc2)c2ccccc2)cn1)C(O)c1nnc(C(C)(C)C)o1. The van der Waals surface area contributed by atoms with Gasteiger partial charge in [-0.2, -0.15) is 0 Å². The van der Waals surface area contributed by atoms with Gasteiger partial charge in [0.05, 0.1) is 12.4 Å². The monoisotopic (exact) mass is 722 g/mol. The number of imidazole rings is 1. The second-order valence-corrected chi connectivity index (χ2v) is 15.3. The van der Waals surface area contributed by atoms with Gasteiger partial charge in [0, 0.05) is 24.6 Å². The zero-order valence-electron chi connectivity index (χ0n) is 31.3. The Hall–Kier alpha value is -5.87. The van der Waals surface area contributed by atoms with Gasteiger partial charge in [-0.25, -0.2) is 4.98 Å². The third-order valence-corrected chi connectivity index (χ3v) is 10.3. The van der Waals surface area contributed by atoms with Gasteiger partial charge >= 0.3 is 0 Å². The highest BCUT2D eigenvalue weighted by molar-refractivity contribution is 5.96. The molecule has 0 radical (unpaired) electrons. The second kappa shape index (κ2) is 14.9. The summed E-state index contributed by atoms with van der Waals surface area (Å²) < 4.78 is 7.85. The molecule has 2 amide bonds. The molecule has 4 aromatic carbocycles. The molecule has 0 saturated heterocycles. The first kappa shape index (κ1) is 36.5. The van der Waals surface area contributed by atoms with Crippen LogP contribution < -0.4 is 5.32 Å². The van der Waals surface area contributed by atoms with Crippen molar-refractivity contribution >= 4 is 11.8 Å². The molecule has 10 nitrogen and oxygen atoms in total. The van der Waals surface area contributed by atoms with E-state index in [9.17, 15) is 14.7 Å². The van der Waals surface area contributed by atoms with Gasteiger partial charge in [0.2, 0.25) is 17.7 Å². The molecule has 1 unspecified atom stereocenters. The van der Waals surface area contributed by atoms with Crippen LogP contribution >= 0.6 is 0 Å². The summed E-state index contributed by atoms with van der Waals surface area (Å²) in [7, 11) is 0. The number of amides is 2. The minimum absolute atomic E-state index is 0.0325. The molecule has 6 aromatic rings. The predicted octanol–water partition coefficient (Wildman–Crippen LogP) is 6.85. The third-order valence-electron chi connectivity index (χ3n) is 10.3. The van der Waals surface area contributed by atoms with Gasteiger partial charge < -0.3 is 24.3 Å². The fourth-order valence-electron chi connectivity index (χ4n) is 7.40. The van der Waals surface area contributed by atoms with Crippen molar-refractivity contribution in [2.75, 3.05) is 0 Å². The minimum Gasteiger partial charge on any atom is -0.422 e. The van der Waals surface area contributed by atoms with Crippen molar-refractivity contribution < 1.29 is 19.1 Å². The number of aromatic nitrogens is 4. The molecule has 1 aliphatic rings. The maximum Gasteiger partial charge on any atom is 0.275 e. The van der Waals surface area contributed by atoms with Crippen LogP contribution in [-0.2, 0) is 28.7 Å². The summed E-state index contributed by atoms with van der Waals surface area (Å²) >= 11 is 0. The number of carbonyl (C=O) groups is 2. The Balaban J connectivity index is 1.25. The normalized spacial score (nSPS) is 15.8. The first-order chi connectivity index (χ1) is 26.0. The Labute approximate surface area is 315 Å². The lowest BCUT2D eigenvalue weighted by Crippen LogP contribution is -2.56. The number of benzene rings is 4. The van der Waals surface area contributed by atoms with E-state index >= 15 is 0 Å². The quantitative estimate of drug-likeness (QED) is 0.148. The fraction of sp³-hybridized carbons (Fsp3) is 0.295. The molecule has 276 valence electrons. The van der Waals surface area contributed by atoms with Crippen molar-refractivity contribution in [1.82, 2.24) is 30.0 Å². The highest BCUT2D eigenvalue weighted by Crippen LogP contribution is 2.41. The van der Waals surface area contributed by atoms with Crippen LogP contribution in [0.5, 0.6) is 0 Å². The van der Waals surface area contributed by atoms with E-state index in [0.717, 1.165) is 27.8 Å². The molecule has 0 fully saturated rings. The van der Waals surface area contributed by atoms with Crippen molar-refractivity contribution in [3.05, 3.63) is 173 Å². The van der Waals surface area contributed by atoms with Crippen LogP contribution in [0, 0.1) is 5.92 Å². The van der Waals surface area contributed by atoms with Crippen molar-refractivity contribution in [2.24, 2.45) is 5.92 Å². The Morgan fingerprint density at radius 3 is 1.85 bits per heavy atom. The van der Waals surface area contributed by atoms with Gasteiger partial charge in [0.1, 0.15) is 17.3 Å². The van der Waals surface area contributed by atoms with E-state index in [1.165, 1.54) is 0 Å². The zero-order valence-corrected chi connectivity index (χ0v) is 31.3. The maximum atomic E-state index is 14.7. The van der Waals surface area contributed by atoms with Gasteiger partial charge in [-0.05, 0) is 33.7 Å². The van der Waals surface area contributed by atoms with Crippen molar-refractivity contribution in [1.29, 1.82) is 0 Å². The van der Waals surface area contributed by atoms with Gasteiger partial charge in [-0.3, -0.25) is 9.59 Å². The average Bonchev–Trinajstić information content (AvgIpc) is 3.90. The Morgan fingerprint density at radius 2 is 1.33 bits per heavy atom. The van der Waals surface area contributed by atoms with E-state index in [0.29, 0.717) is 12.3 Å². The highest BCUT2D eigenvalue weighted by atomic mass is 16.4. The number of hydrogen-bond donors (Lipinski definition) is 2. The molecule has 0 saturated carbocycles. The largest absolute Gasteiger partial charge is 0.422 e. The van der Waals surface area contributed by atoms with E-state index in [4.69, 9.17) is 9.40 Å². The van der Waals surface area contributed by atoms with Crippen LogP contribution in [-0.4, -0.2) is 53.7 Å². The lowest BCUT2D eigenvalue weighted by atomic mass is 9.77. The molecule has 0 spiro atoms. The molecule has 7 rings (SSSR count).